The Morgan fingerprint density at radius 3 is 2.79 bits per heavy atom. The molecule has 2 aliphatic rings. The summed E-state index contributed by atoms with van der Waals surface area (Å²) in [7, 11) is 0. The lowest BCUT2D eigenvalue weighted by Crippen LogP contribution is -2.66. The lowest BCUT2D eigenvalue weighted by Gasteiger charge is -2.39. The predicted molar refractivity (Wildman–Crippen MR) is 50.3 cm³/mol. The molecule has 0 radical (unpaired) electrons. The van der Waals surface area contributed by atoms with E-state index in [1.807, 2.05) is 0 Å². The number of carbonyl (C=O) groups excluding carboxylic acids is 2. The highest BCUT2D eigenvalue weighted by Gasteiger charge is 2.48. The highest BCUT2D eigenvalue weighted by Crippen LogP contribution is 2.25. The van der Waals surface area contributed by atoms with Gasteiger partial charge < -0.3 is 16.0 Å². The quantitative estimate of drug-likeness (QED) is 0.513. The maximum Gasteiger partial charge on any atom is 0.248 e. The Morgan fingerprint density at radius 2 is 2.14 bits per heavy atom. The fourth-order valence-electron chi connectivity index (χ4n) is 2.15. The highest BCUT2D eigenvalue weighted by atomic mass is 16.2. The van der Waals surface area contributed by atoms with E-state index in [0.29, 0.717) is 13.0 Å². The highest BCUT2D eigenvalue weighted by molar-refractivity contribution is 5.99. The van der Waals surface area contributed by atoms with E-state index in [2.05, 4.69) is 5.32 Å². The van der Waals surface area contributed by atoms with Gasteiger partial charge in [-0.3, -0.25) is 9.59 Å². The average molecular weight is 197 g/mol. The molecule has 5 heteroatoms. The zero-order valence-electron chi connectivity index (χ0n) is 8.41. The first kappa shape index (κ1) is 9.45. The smallest absolute Gasteiger partial charge is 0.248 e. The molecule has 0 saturated carbocycles. The zero-order valence-corrected chi connectivity index (χ0v) is 8.41. The summed E-state index contributed by atoms with van der Waals surface area (Å²) in [6.07, 6.45) is 0.577. The Bertz CT molecular complexity index is 300. The SMILES string of the molecule is CC1(C)NC(=O)C2CC(N)CN2C1=O. The molecule has 0 aromatic heterocycles. The standard InChI is InChI=1S/C9H15N3O2/c1-9(2)8(14)12-4-5(10)3-6(12)7(13)11-9/h5-6H,3-4,10H2,1-2H3,(H,11,13). The van der Waals surface area contributed by atoms with Crippen LogP contribution in [0.2, 0.25) is 0 Å². The number of fused-ring (bicyclic) bond motifs is 1. The summed E-state index contributed by atoms with van der Waals surface area (Å²) in [6, 6.07) is -0.408. The van der Waals surface area contributed by atoms with E-state index in [-0.39, 0.29) is 23.9 Å². The second kappa shape index (κ2) is 2.70. The monoisotopic (exact) mass is 197 g/mol. The first-order valence-electron chi connectivity index (χ1n) is 4.80. The average Bonchev–Trinajstić information content (AvgIpc) is 2.43. The summed E-state index contributed by atoms with van der Waals surface area (Å²) in [5.74, 6) is -0.113. The molecule has 2 saturated heterocycles. The fourth-order valence-corrected chi connectivity index (χ4v) is 2.15. The molecule has 0 spiro atoms. The minimum Gasteiger partial charge on any atom is -0.340 e. The molecule has 14 heavy (non-hydrogen) atoms. The third kappa shape index (κ3) is 1.19. The van der Waals surface area contributed by atoms with Gasteiger partial charge in [-0.25, -0.2) is 0 Å². The summed E-state index contributed by atoms with van der Waals surface area (Å²) in [4.78, 5) is 25.1. The van der Waals surface area contributed by atoms with Gasteiger partial charge in [0.15, 0.2) is 0 Å². The topological polar surface area (TPSA) is 75.4 Å². The first-order chi connectivity index (χ1) is 6.42. The molecule has 2 unspecified atom stereocenters. The molecule has 2 heterocycles. The molecule has 2 amide bonds. The molecular formula is C9H15N3O2. The van der Waals surface area contributed by atoms with Crippen molar-refractivity contribution in [2.45, 2.75) is 37.9 Å². The van der Waals surface area contributed by atoms with Crippen LogP contribution in [0, 0.1) is 0 Å². The number of hydrogen-bond acceptors (Lipinski definition) is 3. The van der Waals surface area contributed by atoms with Crippen LogP contribution in [0.25, 0.3) is 0 Å². The van der Waals surface area contributed by atoms with Gasteiger partial charge in [0.05, 0.1) is 0 Å². The zero-order chi connectivity index (χ0) is 10.5. The Kier molecular flexibility index (Phi) is 1.82. The van der Waals surface area contributed by atoms with Crippen molar-refractivity contribution in [2.24, 2.45) is 5.73 Å². The van der Waals surface area contributed by atoms with Crippen molar-refractivity contribution in [2.75, 3.05) is 6.54 Å². The summed E-state index contributed by atoms with van der Waals surface area (Å²) < 4.78 is 0. The van der Waals surface area contributed by atoms with Crippen LogP contribution >= 0.6 is 0 Å². The van der Waals surface area contributed by atoms with E-state index in [1.165, 1.54) is 0 Å². The Morgan fingerprint density at radius 1 is 1.50 bits per heavy atom. The lowest BCUT2D eigenvalue weighted by atomic mass is 9.98. The maximum absolute atomic E-state index is 11.9. The molecule has 0 aromatic rings. The van der Waals surface area contributed by atoms with Crippen LogP contribution in [-0.2, 0) is 9.59 Å². The second-order valence-electron chi connectivity index (χ2n) is 4.58. The Labute approximate surface area is 82.6 Å². The number of nitrogens with zero attached hydrogens (tertiary/aromatic N) is 1. The molecule has 2 fully saturated rings. The summed E-state index contributed by atoms with van der Waals surface area (Å²) in [5.41, 5.74) is 4.95. The number of nitrogens with two attached hydrogens (primary N) is 1. The molecule has 2 aliphatic heterocycles. The number of nitrogens with one attached hydrogen (secondary N) is 1. The number of rotatable bonds is 0. The van der Waals surface area contributed by atoms with Gasteiger partial charge >= 0.3 is 0 Å². The molecule has 2 rings (SSSR count). The van der Waals surface area contributed by atoms with Crippen LogP contribution in [0.15, 0.2) is 0 Å². The molecule has 2 atom stereocenters. The predicted octanol–water partition coefficient (Wildman–Crippen LogP) is -1.18. The van der Waals surface area contributed by atoms with Gasteiger partial charge in [-0.1, -0.05) is 0 Å². The minimum absolute atomic E-state index is 0.0324. The van der Waals surface area contributed by atoms with Crippen LogP contribution in [0.5, 0.6) is 0 Å². The molecule has 0 aliphatic carbocycles. The van der Waals surface area contributed by atoms with Gasteiger partial charge in [0.2, 0.25) is 11.8 Å². The maximum atomic E-state index is 11.9. The first-order valence-corrected chi connectivity index (χ1v) is 4.80. The third-order valence-corrected chi connectivity index (χ3v) is 2.87. The third-order valence-electron chi connectivity index (χ3n) is 2.87. The molecule has 5 nitrogen and oxygen atoms in total. The van der Waals surface area contributed by atoms with Gasteiger partial charge in [-0.2, -0.15) is 0 Å². The second-order valence-corrected chi connectivity index (χ2v) is 4.58. The van der Waals surface area contributed by atoms with Crippen LogP contribution in [0.4, 0.5) is 0 Å². The van der Waals surface area contributed by atoms with Gasteiger partial charge in [0, 0.05) is 12.6 Å². The van der Waals surface area contributed by atoms with Gasteiger partial charge in [0.1, 0.15) is 11.6 Å². The number of carbonyl (C=O) groups is 2. The minimum atomic E-state index is -0.780. The molecular weight excluding hydrogens is 182 g/mol. The van der Waals surface area contributed by atoms with Gasteiger partial charge in [0.25, 0.3) is 0 Å². The van der Waals surface area contributed by atoms with Crippen LogP contribution in [-0.4, -0.2) is 40.9 Å². The lowest BCUT2D eigenvalue weighted by molar-refractivity contribution is -0.151. The number of hydrogen-bond donors (Lipinski definition) is 2. The van der Waals surface area contributed by atoms with E-state index in [9.17, 15) is 9.59 Å². The Balaban J connectivity index is 2.29. The molecule has 0 aromatic carbocycles. The summed E-state index contributed by atoms with van der Waals surface area (Å²) in [6.45, 7) is 3.93. The molecule has 78 valence electrons. The molecule has 3 N–H and O–H groups in total. The number of piperazine rings is 1. The van der Waals surface area contributed by atoms with Crippen LogP contribution in [0.1, 0.15) is 20.3 Å². The largest absolute Gasteiger partial charge is 0.340 e. The van der Waals surface area contributed by atoms with E-state index in [4.69, 9.17) is 5.73 Å². The van der Waals surface area contributed by atoms with Crippen molar-refractivity contribution in [3.63, 3.8) is 0 Å². The van der Waals surface area contributed by atoms with Crippen molar-refractivity contribution in [3.05, 3.63) is 0 Å². The van der Waals surface area contributed by atoms with E-state index in [1.54, 1.807) is 18.7 Å². The summed E-state index contributed by atoms with van der Waals surface area (Å²) >= 11 is 0. The van der Waals surface area contributed by atoms with Crippen molar-refractivity contribution < 1.29 is 9.59 Å². The van der Waals surface area contributed by atoms with E-state index < -0.39 is 5.54 Å². The fraction of sp³-hybridized carbons (Fsp3) is 0.778. The van der Waals surface area contributed by atoms with Crippen molar-refractivity contribution >= 4 is 11.8 Å². The number of amides is 2. The van der Waals surface area contributed by atoms with Crippen LogP contribution < -0.4 is 11.1 Å². The van der Waals surface area contributed by atoms with Gasteiger partial charge in [-0.15, -0.1) is 0 Å². The van der Waals surface area contributed by atoms with E-state index >= 15 is 0 Å². The molecule has 0 bridgehead atoms. The normalized spacial score (nSPS) is 35.5. The van der Waals surface area contributed by atoms with Gasteiger partial charge in [-0.05, 0) is 20.3 Å². The van der Waals surface area contributed by atoms with Crippen molar-refractivity contribution in [3.8, 4) is 0 Å². The summed E-state index contributed by atoms with van der Waals surface area (Å²) in [5, 5.41) is 2.71. The Hall–Kier alpha value is -1.10. The van der Waals surface area contributed by atoms with Crippen molar-refractivity contribution in [1.82, 2.24) is 10.2 Å². The van der Waals surface area contributed by atoms with Crippen molar-refractivity contribution in [1.29, 1.82) is 0 Å². The van der Waals surface area contributed by atoms with E-state index in [0.717, 1.165) is 0 Å². The van der Waals surface area contributed by atoms with Crippen LogP contribution in [0.3, 0.4) is 0 Å².